The molecule has 1 aliphatic heterocycles. The number of hydrogen-bond donors (Lipinski definition) is 0. The van der Waals surface area contributed by atoms with E-state index in [4.69, 9.17) is 9.47 Å². The maximum absolute atomic E-state index is 11.9. The summed E-state index contributed by atoms with van der Waals surface area (Å²) in [7, 11) is 0. The molecule has 1 fully saturated rings. The molecule has 2 aromatic carbocycles. The molecular weight excluding hydrogens is 466 g/mol. The van der Waals surface area contributed by atoms with E-state index < -0.39 is 17.9 Å². The fourth-order valence-corrected chi connectivity index (χ4v) is 4.50. The van der Waals surface area contributed by atoms with E-state index in [0.29, 0.717) is 26.3 Å². The maximum Gasteiger partial charge on any atom is 0.346 e. The number of thiophene rings is 1. The van der Waals surface area contributed by atoms with Crippen LogP contribution in [0.1, 0.15) is 22.3 Å². The van der Waals surface area contributed by atoms with Gasteiger partial charge in [0.2, 0.25) is 0 Å². The Labute approximate surface area is 207 Å². The van der Waals surface area contributed by atoms with Crippen molar-refractivity contribution < 1.29 is 28.6 Å². The third-order valence-corrected chi connectivity index (χ3v) is 6.48. The van der Waals surface area contributed by atoms with Crippen molar-refractivity contribution in [2.45, 2.75) is 18.9 Å². The van der Waals surface area contributed by atoms with Crippen LogP contribution in [0.2, 0.25) is 0 Å². The number of fused-ring (bicyclic) bond motifs is 1. The highest BCUT2D eigenvalue weighted by Gasteiger charge is 2.28. The summed E-state index contributed by atoms with van der Waals surface area (Å²) in [6, 6.07) is 16.8. The molecular formula is C27H27NO6S. The summed E-state index contributed by atoms with van der Waals surface area (Å²) in [6.45, 7) is 3.56. The van der Waals surface area contributed by atoms with Crippen molar-refractivity contribution in [2.24, 2.45) is 0 Å². The first-order chi connectivity index (χ1) is 17.1. The molecule has 1 aromatic heterocycles. The van der Waals surface area contributed by atoms with E-state index in [1.54, 1.807) is 29.5 Å². The SMILES string of the molecule is O=C(/C=C\C(=O)OC1CN(CCCOCCc2ccc3sccc3c2)C1)OC(=O)c1ccccc1. The highest BCUT2D eigenvalue weighted by molar-refractivity contribution is 7.17. The summed E-state index contributed by atoms with van der Waals surface area (Å²) >= 11 is 1.75. The van der Waals surface area contributed by atoms with Crippen molar-refractivity contribution >= 4 is 39.3 Å². The first kappa shape index (κ1) is 24.8. The van der Waals surface area contributed by atoms with Crippen molar-refractivity contribution in [2.75, 3.05) is 32.8 Å². The molecule has 2 heterocycles. The third-order valence-electron chi connectivity index (χ3n) is 5.58. The van der Waals surface area contributed by atoms with E-state index in [9.17, 15) is 14.4 Å². The van der Waals surface area contributed by atoms with Crippen molar-refractivity contribution in [3.05, 3.63) is 83.3 Å². The summed E-state index contributed by atoms with van der Waals surface area (Å²) < 4.78 is 17.0. The predicted molar refractivity (Wildman–Crippen MR) is 133 cm³/mol. The van der Waals surface area contributed by atoms with Gasteiger partial charge in [0.15, 0.2) is 0 Å². The lowest BCUT2D eigenvalue weighted by atomic mass is 10.1. The van der Waals surface area contributed by atoms with Gasteiger partial charge in [-0.1, -0.05) is 30.3 Å². The molecule has 0 saturated carbocycles. The van der Waals surface area contributed by atoms with E-state index in [1.165, 1.54) is 27.8 Å². The van der Waals surface area contributed by atoms with Crippen LogP contribution in [0.15, 0.2) is 72.1 Å². The number of benzene rings is 2. The molecule has 0 amide bonds. The Hall–Kier alpha value is -3.33. The summed E-state index contributed by atoms with van der Waals surface area (Å²) in [5.41, 5.74) is 1.54. The van der Waals surface area contributed by atoms with Gasteiger partial charge in [0.05, 0.1) is 12.2 Å². The minimum absolute atomic E-state index is 0.206. The van der Waals surface area contributed by atoms with Crippen LogP contribution in [-0.4, -0.2) is 61.8 Å². The van der Waals surface area contributed by atoms with E-state index in [1.807, 2.05) is 0 Å². The zero-order valence-corrected chi connectivity index (χ0v) is 20.1. The van der Waals surface area contributed by atoms with Gasteiger partial charge in [-0.05, 0) is 53.4 Å². The van der Waals surface area contributed by atoms with Gasteiger partial charge in [-0.25, -0.2) is 14.4 Å². The minimum atomic E-state index is -0.918. The topological polar surface area (TPSA) is 82.1 Å². The van der Waals surface area contributed by atoms with Crippen molar-refractivity contribution in [1.82, 2.24) is 4.90 Å². The average molecular weight is 494 g/mol. The Kier molecular flexibility index (Phi) is 8.78. The lowest BCUT2D eigenvalue weighted by Gasteiger charge is -2.38. The molecule has 4 rings (SSSR count). The second-order valence-electron chi connectivity index (χ2n) is 8.24. The first-order valence-corrected chi connectivity index (χ1v) is 12.4. The van der Waals surface area contributed by atoms with Gasteiger partial charge in [-0.2, -0.15) is 0 Å². The van der Waals surface area contributed by atoms with Crippen LogP contribution in [-0.2, 0) is 30.2 Å². The molecule has 0 spiro atoms. The summed E-state index contributed by atoms with van der Waals surface area (Å²) in [5.74, 6) is -2.33. The number of carbonyl (C=O) groups is 3. The molecule has 7 nitrogen and oxygen atoms in total. The van der Waals surface area contributed by atoms with Crippen molar-refractivity contribution in [3.63, 3.8) is 0 Å². The molecule has 8 heteroatoms. The number of nitrogens with zero attached hydrogens (tertiary/aromatic N) is 1. The van der Waals surface area contributed by atoms with Gasteiger partial charge in [-0.15, -0.1) is 11.3 Å². The van der Waals surface area contributed by atoms with E-state index >= 15 is 0 Å². The molecule has 0 bridgehead atoms. The van der Waals surface area contributed by atoms with Gasteiger partial charge in [0.25, 0.3) is 0 Å². The number of hydrogen-bond acceptors (Lipinski definition) is 8. The lowest BCUT2D eigenvalue weighted by Crippen LogP contribution is -2.53. The molecule has 3 aromatic rings. The lowest BCUT2D eigenvalue weighted by molar-refractivity contribution is -0.151. The number of ether oxygens (including phenoxy) is 3. The summed E-state index contributed by atoms with van der Waals surface area (Å²) in [6.07, 6.45) is 3.48. The first-order valence-electron chi connectivity index (χ1n) is 11.5. The molecule has 35 heavy (non-hydrogen) atoms. The number of likely N-dealkylation sites (tertiary alicyclic amines) is 1. The summed E-state index contributed by atoms with van der Waals surface area (Å²) in [5, 5.41) is 3.39. The second kappa shape index (κ2) is 12.4. The Morgan fingerprint density at radius 2 is 1.77 bits per heavy atom. The van der Waals surface area contributed by atoms with Crippen molar-refractivity contribution in [1.29, 1.82) is 0 Å². The van der Waals surface area contributed by atoms with Crippen LogP contribution in [0.25, 0.3) is 10.1 Å². The Bertz CT molecular complexity index is 1180. The molecule has 0 unspecified atom stereocenters. The molecule has 1 aliphatic rings. The largest absolute Gasteiger partial charge is 0.456 e. The number of rotatable bonds is 11. The normalized spacial score (nSPS) is 14.2. The van der Waals surface area contributed by atoms with Crippen LogP contribution in [0.5, 0.6) is 0 Å². The van der Waals surface area contributed by atoms with Crippen molar-refractivity contribution in [3.8, 4) is 0 Å². The quantitative estimate of drug-likeness (QED) is 0.173. The average Bonchev–Trinajstić information content (AvgIpc) is 3.31. The molecule has 182 valence electrons. The van der Waals surface area contributed by atoms with Gasteiger partial charge >= 0.3 is 17.9 Å². The highest BCUT2D eigenvalue weighted by Crippen LogP contribution is 2.22. The van der Waals surface area contributed by atoms with Gasteiger partial charge in [0.1, 0.15) is 6.10 Å². The fourth-order valence-electron chi connectivity index (χ4n) is 3.73. The van der Waals surface area contributed by atoms with E-state index in [0.717, 1.165) is 31.5 Å². The predicted octanol–water partition coefficient (Wildman–Crippen LogP) is 4.02. The van der Waals surface area contributed by atoms with Crippen LogP contribution in [0.3, 0.4) is 0 Å². The molecule has 0 atom stereocenters. The van der Waals surface area contributed by atoms with E-state index in [-0.39, 0.29) is 11.7 Å². The Morgan fingerprint density at radius 3 is 2.60 bits per heavy atom. The second-order valence-corrected chi connectivity index (χ2v) is 9.18. The van der Waals surface area contributed by atoms with Crippen LogP contribution in [0, 0.1) is 0 Å². The number of esters is 3. The standard InChI is InChI=1S/C27H27NO6S/c29-25(9-10-26(30)34-27(31)21-5-2-1-3-6-21)33-23-18-28(19-23)13-4-14-32-15-11-20-7-8-24-22(17-20)12-16-35-24/h1-3,5-10,12,16-17,23H,4,11,13-15,18-19H2/b10-9-. The van der Waals surface area contributed by atoms with E-state index in [2.05, 4.69) is 39.3 Å². The molecule has 0 radical (unpaired) electrons. The van der Waals surface area contributed by atoms with Crippen LogP contribution in [0.4, 0.5) is 0 Å². The minimum Gasteiger partial charge on any atom is -0.456 e. The monoisotopic (exact) mass is 493 g/mol. The summed E-state index contributed by atoms with van der Waals surface area (Å²) in [4.78, 5) is 37.6. The van der Waals surface area contributed by atoms with Gasteiger partial charge in [0, 0.05) is 43.1 Å². The zero-order chi connectivity index (χ0) is 24.5. The molecule has 0 N–H and O–H groups in total. The third kappa shape index (κ3) is 7.58. The Balaban J connectivity index is 1.03. The highest BCUT2D eigenvalue weighted by atomic mass is 32.1. The van der Waals surface area contributed by atoms with Gasteiger partial charge in [-0.3, -0.25) is 4.90 Å². The van der Waals surface area contributed by atoms with Gasteiger partial charge < -0.3 is 14.2 Å². The molecule has 0 aliphatic carbocycles. The molecule has 1 saturated heterocycles. The Morgan fingerprint density at radius 1 is 0.971 bits per heavy atom. The van der Waals surface area contributed by atoms with Crippen LogP contribution < -0.4 is 0 Å². The fraction of sp³-hybridized carbons (Fsp3) is 0.296. The van der Waals surface area contributed by atoms with Crippen LogP contribution >= 0.6 is 11.3 Å². The smallest absolute Gasteiger partial charge is 0.346 e. The maximum atomic E-state index is 11.9. The number of carbonyl (C=O) groups excluding carboxylic acids is 3. The zero-order valence-electron chi connectivity index (χ0n) is 19.3.